The number of nitrogens with one attached hydrogen (secondary N) is 3. The van der Waals surface area contributed by atoms with Gasteiger partial charge in [-0.05, 0) is 25.0 Å². The van der Waals surface area contributed by atoms with Crippen LogP contribution in [-0.4, -0.2) is 36.4 Å². The molecule has 0 spiro atoms. The third-order valence-electron chi connectivity index (χ3n) is 2.68. The first kappa shape index (κ1) is 16.9. The Morgan fingerprint density at radius 2 is 2.00 bits per heavy atom. The Kier molecular flexibility index (Phi) is 7.21. The molecule has 0 aliphatic heterocycles. The molecule has 0 atom stereocenters. The molecule has 0 saturated carbocycles. The smallest absolute Gasteiger partial charge is 0.269 e. The lowest BCUT2D eigenvalue weighted by molar-refractivity contribution is -0.121. The summed E-state index contributed by atoms with van der Waals surface area (Å²) in [4.78, 5) is 27.6. The number of rotatable bonds is 8. The fourth-order valence-corrected chi connectivity index (χ4v) is 1.63. The molecule has 1 aromatic heterocycles. The molecule has 0 fully saturated rings. The van der Waals surface area contributed by atoms with Gasteiger partial charge in [0.2, 0.25) is 5.91 Å². The Hall–Kier alpha value is -2.11. The van der Waals surface area contributed by atoms with Crippen molar-refractivity contribution in [2.75, 3.05) is 25.0 Å². The predicted octanol–water partition coefficient (Wildman–Crippen LogP) is 1.41. The molecular formula is C15H24N4O2. The lowest BCUT2D eigenvalue weighted by Gasteiger charge is -2.09. The molecule has 1 rings (SSSR count). The monoisotopic (exact) mass is 292 g/mol. The molecule has 6 heteroatoms. The summed E-state index contributed by atoms with van der Waals surface area (Å²) in [6.07, 6.45) is 0.269. The Balaban J connectivity index is 2.36. The molecule has 2 amide bonds. The number of amides is 2. The summed E-state index contributed by atoms with van der Waals surface area (Å²) in [7, 11) is 0. The van der Waals surface area contributed by atoms with Crippen molar-refractivity contribution in [3.8, 4) is 0 Å². The Labute approximate surface area is 125 Å². The van der Waals surface area contributed by atoms with Gasteiger partial charge in [0.05, 0.1) is 0 Å². The summed E-state index contributed by atoms with van der Waals surface area (Å²) in [6.45, 7) is 7.73. The van der Waals surface area contributed by atoms with Gasteiger partial charge < -0.3 is 16.0 Å². The highest BCUT2D eigenvalue weighted by atomic mass is 16.2. The maximum Gasteiger partial charge on any atom is 0.269 e. The van der Waals surface area contributed by atoms with E-state index in [1.54, 1.807) is 18.2 Å². The summed E-state index contributed by atoms with van der Waals surface area (Å²) in [5.74, 6) is 0.756. The van der Waals surface area contributed by atoms with E-state index >= 15 is 0 Å². The lowest BCUT2D eigenvalue weighted by Crippen LogP contribution is -2.32. The Bertz CT molecular complexity index is 474. The SMILES string of the molecule is CCNc1cccc(C(=O)NCCC(=O)NCC(C)C)n1. The maximum absolute atomic E-state index is 11.9. The Morgan fingerprint density at radius 3 is 2.67 bits per heavy atom. The highest BCUT2D eigenvalue weighted by molar-refractivity contribution is 5.92. The third-order valence-corrected chi connectivity index (χ3v) is 2.68. The largest absolute Gasteiger partial charge is 0.370 e. The van der Waals surface area contributed by atoms with Crippen molar-refractivity contribution in [3.63, 3.8) is 0 Å². The molecule has 116 valence electrons. The van der Waals surface area contributed by atoms with Gasteiger partial charge in [0.25, 0.3) is 5.91 Å². The zero-order chi connectivity index (χ0) is 15.7. The fourth-order valence-electron chi connectivity index (χ4n) is 1.63. The summed E-state index contributed by atoms with van der Waals surface area (Å²) in [5.41, 5.74) is 0.344. The van der Waals surface area contributed by atoms with E-state index in [0.717, 1.165) is 6.54 Å². The van der Waals surface area contributed by atoms with Crippen molar-refractivity contribution < 1.29 is 9.59 Å². The van der Waals surface area contributed by atoms with Crippen LogP contribution in [0.2, 0.25) is 0 Å². The third kappa shape index (κ3) is 6.74. The number of anilines is 1. The first-order valence-electron chi connectivity index (χ1n) is 7.28. The van der Waals surface area contributed by atoms with Crippen LogP contribution in [0.25, 0.3) is 0 Å². The number of aromatic nitrogens is 1. The molecule has 0 radical (unpaired) electrons. The molecular weight excluding hydrogens is 268 g/mol. The van der Waals surface area contributed by atoms with Crippen LogP contribution in [0.1, 0.15) is 37.7 Å². The van der Waals surface area contributed by atoms with Gasteiger partial charge in [-0.1, -0.05) is 19.9 Å². The number of hydrogen-bond acceptors (Lipinski definition) is 4. The fraction of sp³-hybridized carbons (Fsp3) is 0.533. The van der Waals surface area contributed by atoms with Crippen LogP contribution in [0.4, 0.5) is 5.82 Å². The molecule has 0 saturated heterocycles. The van der Waals surface area contributed by atoms with Gasteiger partial charge in [-0.25, -0.2) is 4.98 Å². The minimum absolute atomic E-state index is 0.0571. The molecule has 3 N–H and O–H groups in total. The van der Waals surface area contributed by atoms with Gasteiger partial charge in [0.15, 0.2) is 0 Å². The van der Waals surface area contributed by atoms with E-state index in [1.165, 1.54) is 0 Å². The highest BCUT2D eigenvalue weighted by Gasteiger charge is 2.08. The van der Waals surface area contributed by atoms with Crippen molar-refractivity contribution in [1.82, 2.24) is 15.6 Å². The first-order valence-corrected chi connectivity index (χ1v) is 7.28. The summed E-state index contributed by atoms with van der Waals surface area (Å²) < 4.78 is 0. The summed E-state index contributed by atoms with van der Waals surface area (Å²) >= 11 is 0. The van der Waals surface area contributed by atoms with Crippen LogP contribution in [0.3, 0.4) is 0 Å². The highest BCUT2D eigenvalue weighted by Crippen LogP contribution is 2.04. The zero-order valence-electron chi connectivity index (χ0n) is 12.9. The van der Waals surface area contributed by atoms with Crippen LogP contribution in [0.15, 0.2) is 18.2 Å². The molecule has 1 aromatic rings. The van der Waals surface area contributed by atoms with E-state index in [4.69, 9.17) is 0 Å². The lowest BCUT2D eigenvalue weighted by atomic mass is 10.2. The second-order valence-electron chi connectivity index (χ2n) is 5.14. The molecule has 0 bridgehead atoms. The van der Waals surface area contributed by atoms with Crippen molar-refractivity contribution >= 4 is 17.6 Å². The van der Waals surface area contributed by atoms with Gasteiger partial charge in [-0.15, -0.1) is 0 Å². The van der Waals surface area contributed by atoms with E-state index in [0.29, 0.717) is 30.5 Å². The standard InChI is InChI=1S/C15H24N4O2/c1-4-16-13-7-5-6-12(19-13)15(21)17-9-8-14(20)18-10-11(2)3/h5-7,11H,4,8-10H2,1-3H3,(H,16,19)(H,17,21)(H,18,20). The minimum atomic E-state index is -0.272. The molecule has 1 heterocycles. The molecule has 0 aliphatic rings. The van der Waals surface area contributed by atoms with E-state index in [-0.39, 0.29) is 18.2 Å². The topological polar surface area (TPSA) is 83.1 Å². The van der Waals surface area contributed by atoms with Crippen LogP contribution in [0, 0.1) is 5.92 Å². The van der Waals surface area contributed by atoms with Crippen molar-refractivity contribution in [3.05, 3.63) is 23.9 Å². The van der Waals surface area contributed by atoms with E-state index < -0.39 is 0 Å². The van der Waals surface area contributed by atoms with Crippen molar-refractivity contribution in [2.24, 2.45) is 5.92 Å². The molecule has 0 aliphatic carbocycles. The van der Waals surface area contributed by atoms with Crippen LogP contribution in [0.5, 0.6) is 0 Å². The van der Waals surface area contributed by atoms with Gasteiger partial charge in [0.1, 0.15) is 11.5 Å². The van der Waals surface area contributed by atoms with Gasteiger partial charge >= 0.3 is 0 Å². The number of carbonyl (C=O) groups excluding carboxylic acids is 2. The summed E-state index contributed by atoms with van der Waals surface area (Å²) in [6, 6.07) is 5.23. The number of pyridine rings is 1. The second kappa shape index (κ2) is 8.94. The minimum Gasteiger partial charge on any atom is -0.370 e. The molecule has 0 aromatic carbocycles. The maximum atomic E-state index is 11.9. The number of carbonyl (C=O) groups is 2. The van der Waals surface area contributed by atoms with Crippen molar-refractivity contribution in [2.45, 2.75) is 27.2 Å². The number of hydrogen-bond donors (Lipinski definition) is 3. The van der Waals surface area contributed by atoms with Crippen LogP contribution >= 0.6 is 0 Å². The predicted molar refractivity (Wildman–Crippen MR) is 83.2 cm³/mol. The molecule has 6 nitrogen and oxygen atoms in total. The van der Waals surface area contributed by atoms with Crippen molar-refractivity contribution in [1.29, 1.82) is 0 Å². The Morgan fingerprint density at radius 1 is 1.24 bits per heavy atom. The van der Waals surface area contributed by atoms with Crippen LogP contribution < -0.4 is 16.0 Å². The van der Waals surface area contributed by atoms with E-state index in [9.17, 15) is 9.59 Å². The van der Waals surface area contributed by atoms with E-state index in [1.807, 2.05) is 20.8 Å². The van der Waals surface area contributed by atoms with Gasteiger partial charge in [-0.3, -0.25) is 9.59 Å². The zero-order valence-corrected chi connectivity index (χ0v) is 12.9. The molecule has 0 unspecified atom stereocenters. The normalized spacial score (nSPS) is 10.3. The average molecular weight is 292 g/mol. The second-order valence-corrected chi connectivity index (χ2v) is 5.14. The van der Waals surface area contributed by atoms with Gasteiger partial charge in [0, 0.05) is 26.1 Å². The number of nitrogens with zero attached hydrogens (tertiary/aromatic N) is 1. The summed E-state index contributed by atoms with van der Waals surface area (Å²) in [5, 5.41) is 8.55. The van der Waals surface area contributed by atoms with E-state index in [2.05, 4.69) is 20.9 Å². The van der Waals surface area contributed by atoms with Gasteiger partial charge in [-0.2, -0.15) is 0 Å². The van der Waals surface area contributed by atoms with Crippen LogP contribution in [-0.2, 0) is 4.79 Å². The average Bonchev–Trinajstić information content (AvgIpc) is 2.45. The first-order chi connectivity index (χ1) is 10.0. The molecule has 21 heavy (non-hydrogen) atoms. The quantitative estimate of drug-likeness (QED) is 0.676.